The molecule has 0 saturated carbocycles. The SMILES string of the molecule is COc1cc(N)c(Cl)cc1C(=O)N[C@H]1CCN(CCCCCC(=O)O)C[C@H]1OC. The molecule has 1 aliphatic heterocycles. The summed E-state index contributed by atoms with van der Waals surface area (Å²) in [5, 5.41) is 12.0. The lowest BCUT2D eigenvalue weighted by molar-refractivity contribution is -0.137. The molecule has 1 aromatic rings. The summed E-state index contributed by atoms with van der Waals surface area (Å²) in [7, 11) is 3.12. The molecule has 1 aromatic carbocycles. The van der Waals surface area contributed by atoms with Gasteiger partial charge in [0, 0.05) is 32.7 Å². The molecule has 9 heteroatoms. The number of carbonyl (C=O) groups excluding carboxylic acids is 1. The number of rotatable bonds is 10. The molecule has 2 atom stereocenters. The van der Waals surface area contributed by atoms with Crippen LogP contribution in [-0.2, 0) is 9.53 Å². The van der Waals surface area contributed by atoms with E-state index in [4.69, 9.17) is 31.9 Å². The summed E-state index contributed by atoms with van der Waals surface area (Å²) < 4.78 is 10.9. The number of halogens is 1. The number of carbonyl (C=O) groups is 2. The van der Waals surface area contributed by atoms with Crippen molar-refractivity contribution in [1.82, 2.24) is 10.2 Å². The first-order chi connectivity index (χ1) is 13.8. The Balaban J connectivity index is 1.90. The van der Waals surface area contributed by atoms with Crippen LogP contribution in [0.5, 0.6) is 5.75 Å². The van der Waals surface area contributed by atoms with Crippen molar-refractivity contribution in [1.29, 1.82) is 0 Å². The summed E-state index contributed by atoms with van der Waals surface area (Å²) in [6.45, 7) is 2.44. The van der Waals surface area contributed by atoms with Gasteiger partial charge in [-0.15, -0.1) is 0 Å². The lowest BCUT2D eigenvalue weighted by Gasteiger charge is -2.38. The van der Waals surface area contributed by atoms with Crippen molar-refractivity contribution in [2.45, 2.75) is 44.2 Å². The van der Waals surface area contributed by atoms with Crippen LogP contribution >= 0.6 is 11.6 Å². The molecule has 162 valence electrons. The third kappa shape index (κ3) is 6.76. The maximum atomic E-state index is 12.8. The van der Waals surface area contributed by atoms with Gasteiger partial charge in [-0.2, -0.15) is 0 Å². The van der Waals surface area contributed by atoms with E-state index in [1.165, 1.54) is 19.2 Å². The van der Waals surface area contributed by atoms with Gasteiger partial charge in [-0.05, 0) is 31.9 Å². The van der Waals surface area contributed by atoms with Crippen LogP contribution in [0.25, 0.3) is 0 Å². The summed E-state index contributed by atoms with van der Waals surface area (Å²) in [4.78, 5) is 25.6. The first-order valence-electron chi connectivity index (χ1n) is 9.76. The zero-order valence-corrected chi connectivity index (χ0v) is 17.7. The Morgan fingerprint density at radius 2 is 2.07 bits per heavy atom. The van der Waals surface area contributed by atoms with Gasteiger partial charge in [0.2, 0.25) is 0 Å². The van der Waals surface area contributed by atoms with Gasteiger partial charge in [-0.25, -0.2) is 0 Å². The summed E-state index contributed by atoms with van der Waals surface area (Å²) in [5.41, 5.74) is 6.47. The van der Waals surface area contributed by atoms with E-state index in [2.05, 4.69) is 10.2 Å². The fourth-order valence-corrected chi connectivity index (χ4v) is 3.70. The number of nitrogens with one attached hydrogen (secondary N) is 1. The molecule has 0 spiro atoms. The highest BCUT2D eigenvalue weighted by Gasteiger charge is 2.31. The van der Waals surface area contributed by atoms with Crippen LogP contribution in [0, 0.1) is 0 Å². The highest BCUT2D eigenvalue weighted by atomic mass is 35.5. The first-order valence-corrected chi connectivity index (χ1v) is 10.1. The number of nitrogens with two attached hydrogens (primary N) is 1. The fourth-order valence-electron chi connectivity index (χ4n) is 3.54. The van der Waals surface area contributed by atoms with Crippen molar-refractivity contribution in [2.75, 3.05) is 39.6 Å². The summed E-state index contributed by atoms with van der Waals surface area (Å²) in [6.07, 6.45) is 3.36. The Bertz CT molecular complexity index is 716. The number of hydrogen-bond acceptors (Lipinski definition) is 6. The number of carboxylic acids is 1. The van der Waals surface area contributed by atoms with Gasteiger partial charge >= 0.3 is 5.97 Å². The smallest absolute Gasteiger partial charge is 0.303 e. The van der Waals surface area contributed by atoms with Gasteiger partial charge in [0.25, 0.3) is 5.91 Å². The predicted molar refractivity (Wildman–Crippen MR) is 112 cm³/mol. The molecular weight excluding hydrogens is 398 g/mol. The van der Waals surface area contributed by atoms with Crippen LogP contribution in [0.4, 0.5) is 5.69 Å². The average molecular weight is 428 g/mol. The van der Waals surface area contributed by atoms with Crippen molar-refractivity contribution < 1.29 is 24.2 Å². The van der Waals surface area contributed by atoms with Crippen LogP contribution in [0.1, 0.15) is 42.5 Å². The van der Waals surface area contributed by atoms with Gasteiger partial charge in [-0.1, -0.05) is 18.0 Å². The Morgan fingerprint density at radius 1 is 1.31 bits per heavy atom. The monoisotopic (exact) mass is 427 g/mol. The van der Waals surface area contributed by atoms with Crippen LogP contribution in [0.2, 0.25) is 5.02 Å². The summed E-state index contributed by atoms with van der Waals surface area (Å²) in [6, 6.07) is 2.92. The molecule has 8 nitrogen and oxygen atoms in total. The molecule has 1 aliphatic rings. The average Bonchev–Trinajstić information content (AvgIpc) is 2.69. The van der Waals surface area contributed by atoms with Crippen LogP contribution in [0.15, 0.2) is 12.1 Å². The van der Waals surface area contributed by atoms with Crippen molar-refractivity contribution >= 4 is 29.2 Å². The Hall–Kier alpha value is -2.03. The van der Waals surface area contributed by atoms with Gasteiger partial charge in [0.05, 0.1) is 35.5 Å². The molecule has 0 aromatic heterocycles. The summed E-state index contributed by atoms with van der Waals surface area (Å²) >= 11 is 6.07. The molecule has 1 amide bonds. The molecule has 2 rings (SSSR count). The van der Waals surface area contributed by atoms with Crippen molar-refractivity contribution in [3.63, 3.8) is 0 Å². The number of anilines is 1. The number of piperidine rings is 1. The Morgan fingerprint density at radius 3 is 2.72 bits per heavy atom. The van der Waals surface area contributed by atoms with Crippen LogP contribution < -0.4 is 15.8 Å². The number of unbranched alkanes of at least 4 members (excludes halogenated alkanes) is 2. The van der Waals surface area contributed by atoms with E-state index < -0.39 is 5.97 Å². The number of benzene rings is 1. The Kier molecular flexibility index (Phi) is 9.00. The number of nitrogens with zero attached hydrogens (tertiary/aromatic N) is 1. The predicted octanol–water partition coefficient (Wildman–Crippen LogP) is 2.39. The highest BCUT2D eigenvalue weighted by molar-refractivity contribution is 6.33. The molecular formula is C20H30ClN3O5. The molecule has 1 heterocycles. The lowest BCUT2D eigenvalue weighted by Crippen LogP contribution is -2.54. The minimum Gasteiger partial charge on any atom is -0.496 e. The zero-order chi connectivity index (χ0) is 21.4. The van der Waals surface area contributed by atoms with E-state index in [1.54, 1.807) is 7.11 Å². The van der Waals surface area contributed by atoms with Crippen LogP contribution in [0.3, 0.4) is 0 Å². The standard InChI is InChI=1S/C20H30ClN3O5/c1-28-17-11-15(22)14(21)10-13(17)20(27)23-16-7-9-24(12-18(16)29-2)8-5-3-4-6-19(25)26/h10-11,16,18H,3-9,12,22H2,1-2H3,(H,23,27)(H,25,26)/t16-,18+/m0/s1. The summed E-state index contributed by atoms with van der Waals surface area (Å²) in [5.74, 6) is -0.657. The number of carboxylic acid groups (broad SMARTS) is 1. The van der Waals surface area contributed by atoms with Crippen LogP contribution in [-0.4, -0.2) is 67.9 Å². The number of likely N-dealkylation sites (tertiary alicyclic amines) is 1. The van der Waals surface area contributed by atoms with Crippen molar-refractivity contribution in [2.24, 2.45) is 0 Å². The highest BCUT2D eigenvalue weighted by Crippen LogP contribution is 2.29. The molecule has 0 radical (unpaired) electrons. The number of hydrogen-bond donors (Lipinski definition) is 3. The number of ether oxygens (including phenoxy) is 2. The lowest BCUT2D eigenvalue weighted by atomic mass is 10.00. The molecule has 0 bridgehead atoms. The van der Waals surface area contributed by atoms with Crippen molar-refractivity contribution in [3.8, 4) is 5.75 Å². The number of methoxy groups -OCH3 is 2. The maximum Gasteiger partial charge on any atom is 0.303 e. The van der Waals surface area contributed by atoms with E-state index in [-0.39, 0.29) is 24.5 Å². The minimum atomic E-state index is -0.750. The third-order valence-corrected chi connectivity index (χ3v) is 5.52. The molecule has 0 unspecified atom stereocenters. The quantitative estimate of drug-likeness (QED) is 0.388. The molecule has 1 fully saturated rings. The molecule has 4 N–H and O–H groups in total. The van der Waals surface area contributed by atoms with E-state index >= 15 is 0 Å². The maximum absolute atomic E-state index is 12.8. The molecule has 29 heavy (non-hydrogen) atoms. The van der Waals surface area contributed by atoms with E-state index in [9.17, 15) is 9.59 Å². The molecule has 1 saturated heterocycles. The van der Waals surface area contributed by atoms with Gasteiger partial charge < -0.3 is 30.5 Å². The largest absolute Gasteiger partial charge is 0.496 e. The first kappa shape index (κ1) is 23.3. The zero-order valence-electron chi connectivity index (χ0n) is 16.9. The number of amides is 1. The fraction of sp³-hybridized carbons (Fsp3) is 0.600. The van der Waals surface area contributed by atoms with Crippen molar-refractivity contribution in [3.05, 3.63) is 22.7 Å². The number of aliphatic carboxylic acids is 1. The minimum absolute atomic E-state index is 0.128. The van der Waals surface area contributed by atoms with E-state index in [0.717, 1.165) is 32.4 Å². The normalized spacial score (nSPS) is 19.7. The molecule has 0 aliphatic carbocycles. The van der Waals surface area contributed by atoms with Gasteiger partial charge in [-0.3, -0.25) is 9.59 Å². The van der Waals surface area contributed by atoms with Gasteiger partial charge in [0.1, 0.15) is 5.75 Å². The van der Waals surface area contributed by atoms with Gasteiger partial charge in [0.15, 0.2) is 0 Å². The number of nitrogen functional groups attached to an aromatic ring is 1. The van der Waals surface area contributed by atoms with E-state index in [0.29, 0.717) is 35.0 Å². The third-order valence-electron chi connectivity index (χ3n) is 5.19. The van der Waals surface area contributed by atoms with E-state index in [1.807, 2.05) is 0 Å². The Labute approximate surface area is 176 Å². The second-order valence-electron chi connectivity index (χ2n) is 7.22. The topological polar surface area (TPSA) is 114 Å². The second kappa shape index (κ2) is 11.2. The second-order valence-corrected chi connectivity index (χ2v) is 7.63.